The fourth-order valence-electron chi connectivity index (χ4n) is 2.40. The SMILES string of the molecule is COc1cnc(C)cc1NC(C)C1CCOCC1. The van der Waals surface area contributed by atoms with Crippen LogP contribution in [-0.2, 0) is 4.74 Å². The molecule has 1 fully saturated rings. The molecule has 0 aliphatic carbocycles. The van der Waals surface area contributed by atoms with Gasteiger partial charge in [-0.1, -0.05) is 0 Å². The number of aromatic nitrogens is 1. The van der Waals surface area contributed by atoms with E-state index in [1.54, 1.807) is 13.3 Å². The Bertz CT molecular complexity index is 389. The van der Waals surface area contributed by atoms with Gasteiger partial charge in [0, 0.05) is 24.9 Å². The van der Waals surface area contributed by atoms with Crippen molar-refractivity contribution in [2.24, 2.45) is 5.92 Å². The molecule has 1 aromatic heterocycles. The minimum Gasteiger partial charge on any atom is -0.493 e. The Balaban J connectivity index is 2.05. The molecule has 1 saturated heterocycles. The van der Waals surface area contributed by atoms with E-state index in [4.69, 9.17) is 9.47 Å². The van der Waals surface area contributed by atoms with E-state index in [2.05, 4.69) is 17.2 Å². The highest BCUT2D eigenvalue weighted by molar-refractivity contribution is 5.56. The Morgan fingerprint density at radius 3 is 2.83 bits per heavy atom. The summed E-state index contributed by atoms with van der Waals surface area (Å²) >= 11 is 0. The van der Waals surface area contributed by atoms with E-state index >= 15 is 0 Å². The zero-order chi connectivity index (χ0) is 13.0. The molecular weight excluding hydrogens is 228 g/mol. The summed E-state index contributed by atoms with van der Waals surface area (Å²) in [7, 11) is 1.68. The molecule has 0 spiro atoms. The number of nitrogens with zero attached hydrogens (tertiary/aromatic N) is 1. The Morgan fingerprint density at radius 1 is 1.44 bits per heavy atom. The largest absolute Gasteiger partial charge is 0.493 e. The lowest BCUT2D eigenvalue weighted by Gasteiger charge is -2.29. The van der Waals surface area contributed by atoms with Crippen LogP contribution in [0.1, 0.15) is 25.5 Å². The predicted octanol–water partition coefficient (Wildman–Crippen LogP) is 2.63. The van der Waals surface area contributed by atoms with E-state index in [0.717, 1.165) is 43.2 Å². The van der Waals surface area contributed by atoms with E-state index in [-0.39, 0.29) is 0 Å². The maximum atomic E-state index is 5.40. The fraction of sp³-hybridized carbons (Fsp3) is 0.643. The van der Waals surface area contributed by atoms with Crippen LogP contribution in [0.15, 0.2) is 12.3 Å². The fourth-order valence-corrected chi connectivity index (χ4v) is 2.40. The van der Waals surface area contributed by atoms with Crippen LogP contribution in [0.25, 0.3) is 0 Å². The molecule has 18 heavy (non-hydrogen) atoms. The highest BCUT2D eigenvalue weighted by Gasteiger charge is 2.21. The van der Waals surface area contributed by atoms with Gasteiger partial charge in [-0.05, 0) is 38.7 Å². The molecule has 100 valence electrons. The van der Waals surface area contributed by atoms with Gasteiger partial charge in [0.1, 0.15) is 0 Å². The van der Waals surface area contributed by atoms with Crippen molar-refractivity contribution in [1.29, 1.82) is 0 Å². The van der Waals surface area contributed by atoms with Gasteiger partial charge in [0.15, 0.2) is 5.75 Å². The monoisotopic (exact) mass is 250 g/mol. The molecule has 2 heterocycles. The molecule has 1 aromatic rings. The summed E-state index contributed by atoms with van der Waals surface area (Å²) in [5.74, 6) is 1.47. The number of pyridine rings is 1. The summed E-state index contributed by atoms with van der Waals surface area (Å²) in [5.41, 5.74) is 2.03. The normalized spacial score (nSPS) is 18.4. The predicted molar refractivity (Wildman–Crippen MR) is 72.2 cm³/mol. The highest BCUT2D eigenvalue weighted by Crippen LogP contribution is 2.27. The molecule has 0 amide bonds. The Labute approximate surface area is 109 Å². The molecule has 1 atom stereocenters. The topological polar surface area (TPSA) is 43.4 Å². The van der Waals surface area contributed by atoms with Crippen LogP contribution in [0, 0.1) is 12.8 Å². The van der Waals surface area contributed by atoms with Gasteiger partial charge in [-0.15, -0.1) is 0 Å². The van der Waals surface area contributed by atoms with Gasteiger partial charge < -0.3 is 14.8 Å². The second-order valence-corrected chi connectivity index (χ2v) is 4.91. The number of aryl methyl sites for hydroxylation is 1. The van der Waals surface area contributed by atoms with Crippen molar-refractivity contribution in [3.05, 3.63) is 18.0 Å². The molecule has 0 aromatic carbocycles. The second kappa shape index (κ2) is 6.05. The van der Waals surface area contributed by atoms with Gasteiger partial charge in [-0.25, -0.2) is 0 Å². The first-order valence-corrected chi connectivity index (χ1v) is 6.55. The standard InChI is InChI=1S/C14H22N2O2/c1-10-8-13(14(17-3)9-15-10)16-11(2)12-4-6-18-7-5-12/h8-9,11-12H,4-7H2,1-3H3,(H,15,16). The number of nitrogens with one attached hydrogen (secondary N) is 1. The van der Waals surface area contributed by atoms with Crippen LogP contribution in [0.3, 0.4) is 0 Å². The van der Waals surface area contributed by atoms with Crippen molar-refractivity contribution < 1.29 is 9.47 Å². The Hall–Kier alpha value is -1.29. The van der Waals surface area contributed by atoms with Crippen LogP contribution < -0.4 is 10.1 Å². The molecule has 0 bridgehead atoms. The van der Waals surface area contributed by atoms with Crippen molar-refractivity contribution in [3.8, 4) is 5.75 Å². The zero-order valence-electron chi connectivity index (χ0n) is 11.4. The number of hydrogen-bond acceptors (Lipinski definition) is 4. The number of anilines is 1. The van der Waals surface area contributed by atoms with Crippen LogP contribution in [0.5, 0.6) is 5.75 Å². The molecule has 1 aliphatic rings. The maximum absolute atomic E-state index is 5.40. The number of rotatable bonds is 4. The molecule has 1 N–H and O–H groups in total. The number of ether oxygens (including phenoxy) is 2. The molecule has 4 heteroatoms. The third kappa shape index (κ3) is 3.13. The molecule has 1 aliphatic heterocycles. The van der Waals surface area contributed by atoms with Gasteiger partial charge in [-0.3, -0.25) is 4.98 Å². The summed E-state index contributed by atoms with van der Waals surface area (Å²) in [6.07, 6.45) is 4.02. The van der Waals surface area contributed by atoms with Crippen molar-refractivity contribution in [1.82, 2.24) is 4.98 Å². The first-order chi connectivity index (χ1) is 8.70. The minimum atomic E-state index is 0.421. The van der Waals surface area contributed by atoms with Crippen molar-refractivity contribution >= 4 is 5.69 Å². The van der Waals surface area contributed by atoms with E-state index in [9.17, 15) is 0 Å². The number of methoxy groups -OCH3 is 1. The van der Waals surface area contributed by atoms with Gasteiger partial charge >= 0.3 is 0 Å². The average Bonchev–Trinajstić information content (AvgIpc) is 2.40. The first kappa shape index (κ1) is 13.1. The smallest absolute Gasteiger partial charge is 0.160 e. The summed E-state index contributed by atoms with van der Waals surface area (Å²) in [5, 5.41) is 3.55. The lowest BCUT2D eigenvalue weighted by atomic mass is 9.93. The third-order valence-electron chi connectivity index (χ3n) is 3.58. The van der Waals surface area contributed by atoms with Crippen LogP contribution in [0.4, 0.5) is 5.69 Å². The average molecular weight is 250 g/mol. The first-order valence-electron chi connectivity index (χ1n) is 6.55. The highest BCUT2D eigenvalue weighted by atomic mass is 16.5. The molecule has 0 saturated carbocycles. The van der Waals surface area contributed by atoms with Gasteiger partial charge in [0.25, 0.3) is 0 Å². The molecule has 1 unspecified atom stereocenters. The second-order valence-electron chi connectivity index (χ2n) is 4.91. The lowest BCUT2D eigenvalue weighted by molar-refractivity contribution is 0.0622. The van der Waals surface area contributed by atoms with E-state index in [1.165, 1.54) is 0 Å². The van der Waals surface area contributed by atoms with Gasteiger partial charge in [-0.2, -0.15) is 0 Å². The quantitative estimate of drug-likeness (QED) is 0.892. The van der Waals surface area contributed by atoms with Crippen LogP contribution >= 0.6 is 0 Å². The molecule has 0 radical (unpaired) electrons. The lowest BCUT2D eigenvalue weighted by Crippen LogP contribution is -2.31. The molecule has 4 nitrogen and oxygen atoms in total. The van der Waals surface area contributed by atoms with E-state index < -0.39 is 0 Å². The van der Waals surface area contributed by atoms with Crippen molar-refractivity contribution in [2.45, 2.75) is 32.7 Å². The van der Waals surface area contributed by atoms with Crippen LogP contribution in [0.2, 0.25) is 0 Å². The summed E-state index contributed by atoms with van der Waals surface area (Å²) in [4.78, 5) is 4.25. The zero-order valence-corrected chi connectivity index (χ0v) is 11.4. The van der Waals surface area contributed by atoms with Gasteiger partial charge in [0.05, 0.1) is 19.0 Å². The molecular formula is C14H22N2O2. The van der Waals surface area contributed by atoms with Crippen molar-refractivity contribution in [3.63, 3.8) is 0 Å². The Morgan fingerprint density at radius 2 is 2.17 bits per heavy atom. The summed E-state index contributed by atoms with van der Waals surface area (Å²) in [6, 6.07) is 2.46. The van der Waals surface area contributed by atoms with Crippen molar-refractivity contribution in [2.75, 3.05) is 25.6 Å². The van der Waals surface area contributed by atoms with E-state index in [1.807, 2.05) is 13.0 Å². The van der Waals surface area contributed by atoms with E-state index in [0.29, 0.717) is 12.0 Å². The summed E-state index contributed by atoms with van der Waals surface area (Å²) < 4.78 is 10.7. The minimum absolute atomic E-state index is 0.421. The third-order valence-corrected chi connectivity index (χ3v) is 3.58. The van der Waals surface area contributed by atoms with Crippen LogP contribution in [-0.4, -0.2) is 31.3 Å². The molecule has 2 rings (SSSR count). The maximum Gasteiger partial charge on any atom is 0.160 e. The van der Waals surface area contributed by atoms with Gasteiger partial charge in [0.2, 0.25) is 0 Å². The Kier molecular flexibility index (Phi) is 4.42. The number of hydrogen-bond donors (Lipinski definition) is 1. The summed E-state index contributed by atoms with van der Waals surface area (Å²) in [6.45, 7) is 5.97.